The Kier molecular flexibility index (Phi) is 4.16. The number of nitrogens with one attached hydrogen (secondary N) is 1. The van der Waals surface area contributed by atoms with Gasteiger partial charge in [-0.3, -0.25) is 0 Å². The number of para-hydroxylation sites is 1. The van der Waals surface area contributed by atoms with Crippen LogP contribution in [0, 0.1) is 0 Å². The highest BCUT2D eigenvalue weighted by Gasteiger charge is 1.96. The van der Waals surface area contributed by atoms with Crippen LogP contribution < -0.4 is 5.32 Å². The second-order valence-corrected chi connectivity index (χ2v) is 2.93. The second kappa shape index (κ2) is 5.65. The molecule has 1 aromatic rings. The fourth-order valence-electron chi connectivity index (χ4n) is 1.15. The maximum absolute atomic E-state index is 10.4. The molecule has 0 aliphatic heterocycles. The van der Waals surface area contributed by atoms with E-state index in [1.165, 1.54) is 0 Å². The first kappa shape index (κ1) is 11.0. The van der Waals surface area contributed by atoms with Crippen LogP contribution >= 0.6 is 0 Å². The summed E-state index contributed by atoms with van der Waals surface area (Å²) in [6.45, 7) is 4.26. The molecule has 1 rings (SSSR count). The summed E-state index contributed by atoms with van der Waals surface area (Å²) >= 11 is 0. The van der Waals surface area contributed by atoms with E-state index in [1.54, 1.807) is 12.2 Å². The van der Waals surface area contributed by atoms with E-state index in [-0.39, 0.29) is 0 Å². The zero-order chi connectivity index (χ0) is 11.1. The third-order valence-corrected chi connectivity index (χ3v) is 1.80. The molecule has 0 heterocycles. The molecule has 3 nitrogen and oxygen atoms in total. The van der Waals surface area contributed by atoms with Crippen molar-refractivity contribution in [2.24, 2.45) is 0 Å². The van der Waals surface area contributed by atoms with Crippen LogP contribution in [0.1, 0.15) is 5.56 Å². The molecule has 0 aromatic heterocycles. The molecule has 0 aliphatic carbocycles. The van der Waals surface area contributed by atoms with Gasteiger partial charge in [-0.05, 0) is 17.7 Å². The lowest BCUT2D eigenvalue weighted by atomic mass is 10.1. The molecule has 0 radical (unpaired) electrons. The Bertz CT molecular complexity index is 383. The summed E-state index contributed by atoms with van der Waals surface area (Å²) < 4.78 is 0. The Labute approximate surface area is 88.7 Å². The van der Waals surface area contributed by atoms with Crippen LogP contribution in [0.2, 0.25) is 0 Å². The lowest BCUT2D eigenvalue weighted by molar-refractivity contribution is -0.131. The first-order valence-electron chi connectivity index (χ1n) is 4.59. The highest BCUT2D eigenvalue weighted by atomic mass is 16.4. The third-order valence-electron chi connectivity index (χ3n) is 1.80. The number of carboxylic acid groups (broad SMARTS) is 1. The number of benzene rings is 1. The summed E-state index contributed by atoms with van der Waals surface area (Å²) in [7, 11) is 0. The van der Waals surface area contributed by atoms with Crippen LogP contribution in [-0.4, -0.2) is 17.6 Å². The fourth-order valence-corrected chi connectivity index (χ4v) is 1.15. The predicted octanol–water partition coefficient (Wildman–Crippen LogP) is 2.38. The molecule has 0 bridgehead atoms. The number of carboxylic acids is 1. The molecule has 0 spiro atoms. The van der Waals surface area contributed by atoms with Gasteiger partial charge in [0.1, 0.15) is 0 Å². The van der Waals surface area contributed by atoms with Crippen molar-refractivity contribution in [3.63, 3.8) is 0 Å². The molecule has 0 saturated heterocycles. The van der Waals surface area contributed by atoms with E-state index in [1.807, 2.05) is 24.3 Å². The summed E-state index contributed by atoms with van der Waals surface area (Å²) in [5, 5.41) is 11.6. The molecule has 15 heavy (non-hydrogen) atoms. The normalized spacial score (nSPS) is 10.1. The van der Waals surface area contributed by atoms with Gasteiger partial charge in [0.2, 0.25) is 0 Å². The third kappa shape index (κ3) is 3.68. The van der Waals surface area contributed by atoms with E-state index < -0.39 is 5.97 Å². The van der Waals surface area contributed by atoms with Gasteiger partial charge < -0.3 is 10.4 Å². The van der Waals surface area contributed by atoms with E-state index in [4.69, 9.17) is 5.11 Å². The van der Waals surface area contributed by atoms with Crippen molar-refractivity contribution in [3.8, 4) is 0 Å². The molecule has 1 aromatic carbocycles. The Morgan fingerprint density at radius 3 is 2.87 bits per heavy atom. The summed E-state index contributed by atoms with van der Waals surface area (Å²) in [6, 6.07) is 7.50. The average Bonchev–Trinajstić information content (AvgIpc) is 2.24. The van der Waals surface area contributed by atoms with Gasteiger partial charge in [-0.1, -0.05) is 24.3 Å². The van der Waals surface area contributed by atoms with Gasteiger partial charge in [0.25, 0.3) is 0 Å². The highest BCUT2D eigenvalue weighted by molar-refractivity contribution is 5.86. The lowest BCUT2D eigenvalue weighted by Crippen LogP contribution is -1.99. The smallest absolute Gasteiger partial charge is 0.328 e. The van der Waals surface area contributed by atoms with Crippen molar-refractivity contribution in [1.82, 2.24) is 0 Å². The van der Waals surface area contributed by atoms with Crippen molar-refractivity contribution < 1.29 is 9.90 Å². The van der Waals surface area contributed by atoms with E-state index in [2.05, 4.69) is 11.9 Å². The summed E-state index contributed by atoms with van der Waals surface area (Å²) in [5.74, 6) is -0.950. The van der Waals surface area contributed by atoms with E-state index in [9.17, 15) is 4.79 Å². The van der Waals surface area contributed by atoms with Crippen LogP contribution in [0.25, 0.3) is 6.08 Å². The van der Waals surface area contributed by atoms with Gasteiger partial charge in [0.05, 0.1) is 0 Å². The van der Waals surface area contributed by atoms with E-state index >= 15 is 0 Å². The van der Waals surface area contributed by atoms with Crippen LogP contribution in [0.15, 0.2) is 43.0 Å². The first-order chi connectivity index (χ1) is 7.24. The number of carbonyl (C=O) groups is 1. The van der Waals surface area contributed by atoms with Gasteiger partial charge in [-0.15, -0.1) is 6.58 Å². The molecular weight excluding hydrogens is 190 g/mol. The molecule has 0 amide bonds. The van der Waals surface area contributed by atoms with Crippen molar-refractivity contribution in [3.05, 3.63) is 48.6 Å². The number of hydrogen-bond donors (Lipinski definition) is 2. The summed E-state index contributed by atoms with van der Waals surface area (Å²) in [6.07, 6.45) is 4.43. The average molecular weight is 203 g/mol. The van der Waals surface area contributed by atoms with Crippen LogP contribution in [0.3, 0.4) is 0 Å². The first-order valence-corrected chi connectivity index (χ1v) is 4.59. The molecule has 0 aliphatic rings. The molecule has 0 atom stereocenters. The molecular formula is C12H13NO2. The predicted molar refractivity (Wildman–Crippen MR) is 61.8 cm³/mol. The standard InChI is InChI=1S/C12H13NO2/c1-2-9-13-11-6-4-3-5-10(11)7-8-12(14)15/h2-8,13H,1,9H2,(H,14,15)/b8-7+. The minimum Gasteiger partial charge on any atom is -0.478 e. The largest absolute Gasteiger partial charge is 0.478 e. The number of aliphatic carboxylic acids is 1. The van der Waals surface area contributed by atoms with Gasteiger partial charge in [-0.2, -0.15) is 0 Å². The molecule has 0 unspecified atom stereocenters. The van der Waals surface area contributed by atoms with Crippen molar-refractivity contribution in [2.45, 2.75) is 0 Å². The minimum atomic E-state index is -0.950. The monoisotopic (exact) mass is 203 g/mol. The van der Waals surface area contributed by atoms with Crippen molar-refractivity contribution in [1.29, 1.82) is 0 Å². The Balaban J connectivity index is 2.85. The Hall–Kier alpha value is -2.03. The Morgan fingerprint density at radius 2 is 2.20 bits per heavy atom. The number of rotatable bonds is 5. The SMILES string of the molecule is C=CCNc1ccccc1/C=C/C(=O)O. The van der Waals surface area contributed by atoms with Crippen molar-refractivity contribution >= 4 is 17.7 Å². The van der Waals surface area contributed by atoms with Gasteiger partial charge >= 0.3 is 5.97 Å². The van der Waals surface area contributed by atoms with Gasteiger partial charge in [0, 0.05) is 18.3 Å². The summed E-state index contributed by atoms with van der Waals surface area (Å²) in [5.41, 5.74) is 1.75. The van der Waals surface area contributed by atoms with E-state index in [0.29, 0.717) is 6.54 Å². The van der Waals surface area contributed by atoms with Crippen LogP contribution in [0.5, 0.6) is 0 Å². The minimum absolute atomic E-state index is 0.651. The quantitative estimate of drug-likeness (QED) is 0.570. The Morgan fingerprint density at radius 1 is 1.47 bits per heavy atom. The topological polar surface area (TPSA) is 49.3 Å². The maximum Gasteiger partial charge on any atom is 0.328 e. The van der Waals surface area contributed by atoms with Crippen LogP contribution in [0.4, 0.5) is 5.69 Å². The number of hydrogen-bond acceptors (Lipinski definition) is 2. The second-order valence-electron chi connectivity index (χ2n) is 2.93. The number of anilines is 1. The van der Waals surface area contributed by atoms with Gasteiger partial charge in [-0.25, -0.2) is 4.79 Å². The molecule has 2 N–H and O–H groups in total. The fraction of sp³-hybridized carbons (Fsp3) is 0.0833. The van der Waals surface area contributed by atoms with Crippen LogP contribution in [-0.2, 0) is 4.79 Å². The zero-order valence-corrected chi connectivity index (χ0v) is 8.31. The zero-order valence-electron chi connectivity index (χ0n) is 8.31. The molecule has 78 valence electrons. The lowest BCUT2D eigenvalue weighted by Gasteiger charge is -2.06. The van der Waals surface area contributed by atoms with Gasteiger partial charge in [0.15, 0.2) is 0 Å². The van der Waals surface area contributed by atoms with Crippen molar-refractivity contribution in [2.75, 3.05) is 11.9 Å². The molecule has 0 fully saturated rings. The highest BCUT2D eigenvalue weighted by Crippen LogP contribution is 2.16. The molecule has 0 saturated carbocycles. The van der Waals surface area contributed by atoms with E-state index in [0.717, 1.165) is 17.3 Å². The molecule has 3 heteroatoms. The maximum atomic E-state index is 10.4. The summed E-state index contributed by atoms with van der Waals surface area (Å²) in [4.78, 5) is 10.4.